The number of anilines is 1. The van der Waals surface area contributed by atoms with Crippen LogP contribution in [0.3, 0.4) is 0 Å². The SMILES string of the molecule is Cc1cc(N2CC3CC(C2)N(C(=O)C2CC2)C3c2cc3c(C)nc4c(F)c(-c5cccc(Cl)c5Cl)c(CCC#N)cc4c3n2C2C3CNC2C3)cc(F)n1. The molecule has 2 saturated carbocycles. The molecule has 1 N–H and O–H groups in total. The first-order valence-corrected chi connectivity index (χ1v) is 19.8. The Bertz CT molecular complexity index is 2420. The number of nitrogens with zero attached hydrogens (tertiary/aromatic N) is 6. The van der Waals surface area contributed by atoms with E-state index in [0.717, 1.165) is 54.5 Å². The van der Waals surface area contributed by atoms with Gasteiger partial charge in [-0.2, -0.15) is 9.65 Å². The van der Waals surface area contributed by atoms with Crippen LogP contribution in [-0.2, 0) is 11.2 Å². The molecule has 4 bridgehead atoms. The molecule has 12 heteroatoms. The minimum absolute atomic E-state index is 0.0260. The number of rotatable bonds is 7. The number of nitrogens with one attached hydrogen (secondary N) is 1. The molecule has 1 amide bonds. The summed E-state index contributed by atoms with van der Waals surface area (Å²) in [5, 5.41) is 15.6. The molecule has 8 nitrogen and oxygen atoms in total. The number of carbonyl (C=O) groups is 1. The van der Waals surface area contributed by atoms with E-state index in [1.807, 2.05) is 19.1 Å². The Morgan fingerprint density at radius 2 is 1.87 bits per heavy atom. The second kappa shape index (κ2) is 12.6. The van der Waals surface area contributed by atoms with Crippen LogP contribution in [0.5, 0.6) is 0 Å². The fraction of sp³-hybridized carbons (Fsp3) is 0.429. The summed E-state index contributed by atoms with van der Waals surface area (Å²) in [6.07, 6.45) is 4.24. The van der Waals surface area contributed by atoms with Crippen molar-refractivity contribution in [2.24, 2.45) is 17.8 Å². The fourth-order valence-corrected chi connectivity index (χ4v) is 10.7. The van der Waals surface area contributed by atoms with Crippen molar-refractivity contribution >= 4 is 56.6 Å². The number of nitriles is 1. The van der Waals surface area contributed by atoms with Gasteiger partial charge in [-0.05, 0) is 81.7 Å². The predicted molar refractivity (Wildman–Crippen MR) is 206 cm³/mol. The van der Waals surface area contributed by atoms with Gasteiger partial charge in [-0.15, -0.1) is 0 Å². The molecule has 7 heterocycles. The number of aryl methyl sites for hydroxylation is 3. The highest BCUT2D eigenvalue weighted by Gasteiger charge is 2.55. The van der Waals surface area contributed by atoms with Gasteiger partial charge < -0.3 is 19.7 Å². The molecule has 6 aliphatic rings. The Labute approximate surface area is 322 Å². The van der Waals surface area contributed by atoms with E-state index in [2.05, 4.69) is 36.8 Å². The number of fused-ring (bicyclic) bond motifs is 6. The predicted octanol–water partition coefficient (Wildman–Crippen LogP) is 8.63. The number of amides is 1. The molecule has 4 saturated heterocycles. The monoisotopic (exact) mass is 765 g/mol. The number of piperidine rings is 1. The number of hydrogen-bond acceptors (Lipinski definition) is 6. The molecular formula is C42H39Cl2F2N7O. The largest absolute Gasteiger partial charge is 0.369 e. The second-order valence-electron chi connectivity index (χ2n) is 16.1. The van der Waals surface area contributed by atoms with Crippen molar-refractivity contribution in [1.82, 2.24) is 24.8 Å². The van der Waals surface area contributed by atoms with Gasteiger partial charge in [-0.3, -0.25) is 4.79 Å². The Hall–Kier alpha value is -4.30. The van der Waals surface area contributed by atoms with Crippen LogP contribution in [0.4, 0.5) is 14.5 Å². The topological polar surface area (TPSA) is 90.1 Å². The third-order valence-corrected chi connectivity index (χ3v) is 13.6. The van der Waals surface area contributed by atoms with Crippen LogP contribution in [0.15, 0.2) is 42.5 Å². The molecule has 5 aromatic rings. The second-order valence-corrected chi connectivity index (χ2v) is 16.9. The molecule has 2 aromatic carbocycles. The van der Waals surface area contributed by atoms with E-state index in [-0.39, 0.29) is 58.9 Å². The molecule has 2 aliphatic carbocycles. The number of aromatic nitrogens is 3. The summed E-state index contributed by atoms with van der Waals surface area (Å²) in [6, 6.07) is 15.2. The van der Waals surface area contributed by atoms with Gasteiger partial charge in [-0.25, -0.2) is 14.4 Å². The van der Waals surface area contributed by atoms with Crippen LogP contribution in [0.2, 0.25) is 10.0 Å². The number of halogens is 4. The highest BCUT2D eigenvalue weighted by molar-refractivity contribution is 6.43. The summed E-state index contributed by atoms with van der Waals surface area (Å²) in [7, 11) is 0. The quantitative estimate of drug-likeness (QED) is 0.167. The van der Waals surface area contributed by atoms with Crippen molar-refractivity contribution in [3.05, 3.63) is 86.9 Å². The first-order valence-electron chi connectivity index (χ1n) is 19.0. The molecule has 3 aromatic heterocycles. The third-order valence-electron chi connectivity index (χ3n) is 12.8. The van der Waals surface area contributed by atoms with Gasteiger partial charge in [0.15, 0.2) is 5.82 Å². The number of likely N-dealkylation sites (tertiary alicyclic amines) is 1. The normalized spacial score (nSPS) is 25.8. The molecular weight excluding hydrogens is 727 g/mol. The number of benzene rings is 2. The zero-order chi connectivity index (χ0) is 37.2. The van der Waals surface area contributed by atoms with Crippen LogP contribution < -0.4 is 10.2 Å². The molecule has 4 aliphatic heterocycles. The smallest absolute Gasteiger partial charge is 0.226 e. The van der Waals surface area contributed by atoms with Gasteiger partial charge in [0.2, 0.25) is 11.9 Å². The first-order chi connectivity index (χ1) is 26.1. The molecule has 6 atom stereocenters. The molecule has 11 rings (SSSR count). The van der Waals surface area contributed by atoms with E-state index in [9.17, 15) is 14.4 Å². The lowest BCUT2D eigenvalue weighted by molar-refractivity contribution is -0.135. The Balaban J connectivity index is 1.21. The van der Waals surface area contributed by atoms with Gasteiger partial charge in [0.1, 0.15) is 5.52 Å². The molecule has 6 unspecified atom stereocenters. The lowest BCUT2D eigenvalue weighted by Crippen LogP contribution is -2.45. The Morgan fingerprint density at radius 3 is 2.59 bits per heavy atom. The minimum atomic E-state index is -0.504. The summed E-state index contributed by atoms with van der Waals surface area (Å²) < 4.78 is 34.4. The van der Waals surface area contributed by atoms with Gasteiger partial charge >= 0.3 is 0 Å². The number of pyridine rings is 2. The summed E-state index contributed by atoms with van der Waals surface area (Å²) in [5.74, 6) is -0.279. The standard InChI is InChI=1S/C42H39Cl2F2N7O/c1-20-11-26(15-34(45)49-20)51-18-25-12-27(19-51)52(42(54)22-8-9-22)40(25)33-16-29-21(2)50-38-30(41(29)53(33)39-24-14-32(39)48-17-24)13-23(5-4-10-47)35(37(38)46)28-6-3-7-31(43)36(28)44/h3,6-7,11,13,15-16,22,24-25,27,32,39-40,48H,4-5,8-9,12,14,17-19H2,1-2H3. The van der Waals surface area contributed by atoms with E-state index in [1.54, 1.807) is 25.1 Å². The maximum Gasteiger partial charge on any atom is 0.226 e. The van der Waals surface area contributed by atoms with Gasteiger partial charge in [0.05, 0.1) is 39.8 Å². The minimum Gasteiger partial charge on any atom is -0.369 e. The summed E-state index contributed by atoms with van der Waals surface area (Å²) in [6.45, 7) is 5.93. The molecule has 0 spiro atoms. The van der Waals surface area contributed by atoms with Crippen molar-refractivity contribution in [1.29, 1.82) is 5.26 Å². The van der Waals surface area contributed by atoms with E-state index in [1.165, 1.54) is 6.07 Å². The van der Waals surface area contributed by atoms with Crippen molar-refractivity contribution in [3.63, 3.8) is 0 Å². The van der Waals surface area contributed by atoms with Crippen LogP contribution in [0, 0.1) is 54.7 Å². The van der Waals surface area contributed by atoms with Crippen molar-refractivity contribution in [3.8, 4) is 17.2 Å². The van der Waals surface area contributed by atoms with E-state index in [0.29, 0.717) is 63.9 Å². The maximum absolute atomic E-state index is 17.3. The van der Waals surface area contributed by atoms with Gasteiger partial charge in [0.25, 0.3) is 0 Å². The van der Waals surface area contributed by atoms with Gasteiger partial charge in [0, 0.05) is 94.7 Å². The summed E-state index contributed by atoms with van der Waals surface area (Å²) >= 11 is 13.2. The average Bonchev–Trinajstić information content (AvgIpc) is 3.42. The van der Waals surface area contributed by atoms with E-state index < -0.39 is 11.8 Å². The molecule has 6 fully saturated rings. The van der Waals surface area contributed by atoms with Crippen molar-refractivity contribution in [2.75, 3.05) is 24.5 Å². The van der Waals surface area contributed by atoms with Crippen molar-refractivity contribution in [2.45, 2.75) is 76.5 Å². The zero-order valence-electron chi connectivity index (χ0n) is 30.1. The Kier molecular flexibility index (Phi) is 8.00. The lowest BCUT2D eigenvalue weighted by atomic mass is 9.79. The molecule has 54 heavy (non-hydrogen) atoms. The Morgan fingerprint density at radius 1 is 1.04 bits per heavy atom. The first kappa shape index (κ1) is 34.2. The number of carbonyl (C=O) groups excluding carboxylic acids is 1. The highest BCUT2D eigenvalue weighted by Crippen LogP contribution is 2.54. The lowest BCUT2D eigenvalue weighted by Gasteiger charge is -2.40. The number of hydrogen-bond donors (Lipinski definition) is 1. The van der Waals surface area contributed by atoms with Crippen LogP contribution in [-0.4, -0.2) is 57.1 Å². The van der Waals surface area contributed by atoms with Crippen molar-refractivity contribution < 1.29 is 13.6 Å². The zero-order valence-corrected chi connectivity index (χ0v) is 31.6. The summed E-state index contributed by atoms with van der Waals surface area (Å²) in [5.41, 5.74) is 5.79. The maximum atomic E-state index is 17.3. The molecule has 276 valence electrons. The third kappa shape index (κ3) is 5.18. The van der Waals surface area contributed by atoms with Crippen LogP contribution in [0.1, 0.15) is 66.8 Å². The van der Waals surface area contributed by atoms with Crippen LogP contribution >= 0.6 is 23.2 Å². The molecule has 0 radical (unpaired) electrons. The van der Waals surface area contributed by atoms with Gasteiger partial charge in [-0.1, -0.05) is 35.3 Å². The fourth-order valence-electron chi connectivity index (χ4n) is 10.3. The van der Waals surface area contributed by atoms with E-state index >= 15 is 4.39 Å². The average molecular weight is 767 g/mol. The highest BCUT2D eigenvalue weighted by atomic mass is 35.5. The van der Waals surface area contributed by atoms with E-state index in [4.69, 9.17) is 28.2 Å². The summed E-state index contributed by atoms with van der Waals surface area (Å²) in [4.78, 5) is 27.7. The van der Waals surface area contributed by atoms with Crippen LogP contribution in [0.25, 0.3) is 32.9 Å².